The maximum absolute atomic E-state index is 12.1. The Bertz CT molecular complexity index is 1160. The molecular weight excluding hydrogens is 406 g/mol. The van der Waals surface area contributed by atoms with E-state index in [4.69, 9.17) is 21.1 Å². The zero-order valence-corrected chi connectivity index (χ0v) is 17.6. The number of ether oxygens (including phenoxy) is 2. The average Bonchev–Trinajstić information content (AvgIpc) is 2.74. The standard InChI is InChI=1S/C21H20ClN5O3/c1-4-26(2)20-9-19(25-21(28)27(20)3)29-13-14-5-6-18(15(7-14)10-23)30-17-8-16(22)11-24-12-17/h5-9,11-12H,4,13H2,1-3H3. The van der Waals surface area contributed by atoms with Crippen LogP contribution in [0.25, 0.3) is 0 Å². The minimum atomic E-state index is -0.403. The van der Waals surface area contributed by atoms with Crippen molar-refractivity contribution in [3.05, 3.63) is 69.4 Å². The molecule has 0 saturated carbocycles. The first kappa shape index (κ1) is 21.1. The van der Waals surface area contributed by atoms with E-state index in [1.807, 2.05) is 18.9 Å². The van der Waals surface area contributed by atoms with E-state index in [1.165, 1.54) is 17.0 Å². The third kappa shape index (κ3) is 4.88. The summed E-state index contributed by atoms with van der Waals surface area (Å²) in [7, 11) is 3.54. The summed E-state index contributed by atoms with van der Waals surface area (Å²) in [4.78, 5) is 21.9. The Hall–Kier alpha value is -3.57. The van der Waals surface area contributed by atoms with Crippen molar-refractivity contribution >= 4 is 17.4 Å². The Morgan fingerprint density at radius 3 is 2.77 bits per heavy atom. The molecule has 2 aromatic heterocycles. The smallest absolute Gasteiger partial charge is 0.352 e. The molecule has 9 heteroatoms. The van der Waals surface area contributed by atoms with E-state index in [-0.39, 0.29) is 12.5 Å². The summed E-state index contributed by atoms with van der Waals surface area (Å²) in [5.74, 6) is 1.73. The van der Waals surface area contributed by atoms with E-state index in [9.17, 15) is 10.1 Å². The van der Waals surface area contributed by atoms with Crippen LogP contribution in [0.3, 0.4) is 0 Å². The molecule has 0 unspecified atom stereocenters. The number of aromatic nitrogens is 3. The minimum Gasteiger partial charge on any atom is -0.473 e. The van der Waals surface area contributed by atoms with Gasteiger partial charge < -0.3 is 14.4 Å². The molecule has 0 bridgehead atoms. The summed E-state index contributed by atoms with van der Waals surface area (Å²) < 4.78 is 12.9. The van der Waals surface area contributed by atoms with Gasteiger partial charge in [-0.1, -0.05) is 17.7 Å². The second kappa shape index (κ2) is 9.29. The fraction of sp³-hybridized carbons (Fsp3) is 0.238. The third-order valence-corrected chi connectivity index (χ3v) is 4.62. The molecule has 0 aliphatic heterocycles. The Labute approximate surface area is 178 Å². The molecule has 0 N–H and O–H groups in total. The Morgan fingerprint density at radius 2 is 2.07 bits per heavy atom. The van der Waals surface area contributed by atoms with Crippen molar-refractivity contribution in [3.8, 4) is 23.4 Å². The van der Waals surface area contributed by atoms with E-state index >= 15 is 0 Å². The number of halogens is 1. The van der Waals surface area contributed by atoms with Crippen LogP contribution in [0.2, 0.25) is 5.02 Å². The maximum atomic E-state index is 12.1. The fourth-order valence-electron chi connectivity index (χ4n) is 2.68. The maximum Gasteiger partial charge on any atom is 0.352 e. The van der Waals surface area contributed by atoms with Crippen LogP contribution in [-0.4, -0.2) is 28.1 Å². The highest BCUT2D eigenvalue weighted by atomic mass is 35.5. The van der Waals surface area contributed by atoms with Gasteiger partial charge >= 0.3 is 5.69 Å². The van der Waals surface area contributed by atoms with Gasteiger partial charge in [0.2, 0.25) is 5.88 Å². The van der Waals surface area contributed by atoms with Crippen molar-refractivity contribution in [3.63, 3.8) is 0 Å². The van der Waals surface area contributed by atoms with Gasteiger partial charge in [-0.15, -0.1) is 0 Å². The lowest BCUT2D eigenvalue weighted by Crippen LogP contribution is -2.28. The third-order valence-electron chi connectivity index (χ3n) is 4.41. The van der Waals surface area contributed by atoms with Crippen LogP contribution in [0.15, 0.2) is 47.5 Å². The molecule has 0 aliphatic rings. The van der Waals surface area contributed by atoms with Crippen molar-refractivity contribution in [2.75, 3.05) is 18.5 Å². The SMILES string of the molecule is CCN(C)c1cc(OCc2ccc(Oc3cncc(Cl)c3)c(C#N)c2)nc(=O)n1C. The average molecular weight is 426 g/mol. The topological polar surface area (TPSA) is 93.3 Å². The number of pyridine rings is 1. The molecule has 0 fully saturated rings. The van der Waals surface area contributed by atoms with Crippen molar-refractivity contribution in [1.29, 1.82) is 5.26 Å². The zero-order chi connectivity index (χ0) is 21.7. The van der Waals surface area contributed by atoms with Gasteiger partial charge in [0.1, 0.15) is 30.0 Å². The number of anilines is 1. The largest absolute Gasteiger partial charge is 0.473 e. The highest BCUT2D eigenvalue weighted by molar-refractivity contribution is 6.30. The van der Waals surface area contributed by atoms with Gasteiger partial charge in [0.25, 0.3) is 0 Å². The van der Waals surface area contributed by atoms with Gasteiger partial charge in [-0.3, -0.25) is 9.55 Å². The lowest BCUT2D eigenvalue weighted by molar-refractivity contribution is 0.291. The molecule has 3 aromatic rings. The van der Waals surface area contributed by atoms with Crippen LogP contribution in [0.5, 0.6) is 17.4 Å². The quantitative estimate of drug-likeness (QED) is 0.571. The van der Waals surface area contributed by atoms with E-state index < -0.39 is 5.69 Å². The Morgan fingerprint density at radius 1 is 1.27 bits per heavy atom. The van der Waals surface area contributed by atoms with E-state index in [0.29, 0.717) is 27.9 Å². The Balaban J connectivity index is 1.77. The van der Waals surface area contributed by atoms with Crippen molar-refractivity contribution < 1.29 is 9.47 Å². The van der Waals surface area contributed by atoms with Gasteiger partial charge in [0, 0.05) is 39.0 Å². The lowest BCUT2D eigenvalue weighted by atomic mass is 10.1. The molecule has 0 radical (unpaired) electrons. The second-order valence-corrected chi connectivity index (χ2v) is 6.92. The highest BCUT2D eigenvalue weighted by Gasteiger charge is 2.11. The number of nitrogens with zero attached hydrogens (tertiary/aromatic N) is 5. The van der Waals surface area contributed by atoms with E-state index in [1.54, 1.807) is 37.4 Å². The molecule has 3 rings (SSSR count). The number of benzene rings is 1. The number of rotatable bonds is 7. The first-order valence-electron chi connectivity index (χ1n) is 9.14. The van der Waals surface area contributed by atoms with Crippen LogP contribution in [-0.2, 0) is 13.7 Å². The number of hydrogen-bond acceptors (Lipinski definition) is 7. The molecule has 1 aromatic carbocycles. The van der Waals surface area contributed by atoms with Crippen LogP contribution in [0, 0.1) is 11.3 Å². The molecule has 0 amide bonds. The molecule has 2 heterocycles. The first-order chi connectivity index (χ1) is 14.4. The molecule has 0 spiro atoms. The van der Waals surface area contributed by atoms with Crippen LogP contribution in [0.1, 0.15) is 18.1 Å². The van der Waals surface area contributed by atoms with Crippen LogP contribution >= 0.6 is 11.6 Å². The van der Waals surface area contributed by atoms with Gasteiger partial charge in [-0.05, 0) is 24.6 Å². The lowest BCUT2D eigenvalue weighted by Gasteiger charge is -2.20. The Kier molecular flexibility index (Phi) is 6.54. The van der Waals surface area contributed by atoms with Crippen LogP contribution in [0.4, 0.5) is 5.82 Å². The normalized spacial score (nSPS) is 10.4. The molecular formula is C21H20ClN5O3. The van der Waals surface area contributed by atoms with Gasteiger partial charge in [-0.2, -0.15) is 10.2 Å². The summed E-state index contributed by atoms with van der Waals surface area (Å²) >= 11 is 5.91. The minimum absolute atomic E-state index is 0.142. The van der Waals surface area contributed by atoms with Gasteiger partial charge in [0.05, 0.1) is 16.8 Å². The molecule has 154 valence electrons. The van der Waals surface area contributed by atoms with E-state index in [2.05, 4.69) is 16.0 Å². The monoisotopic (exact) mass is 425 g/mol. The molecule has 0 saturated heterocycles. The molecule has 0 aliphatic carbocycles. The summed E-state index contributed by atoms with van der Waals surface area (Å²) in [6, 6.07) is 10.5. The molecule has 8 nitrogen and oxygen atoms in total. The zero-order valence-electron chi connectivity index (χ0n) is 16.8. The van der Waals surface area contributed by atoms with Crippen molar-refractivity contribution in [2.24, 2.45) is 7.05 Å². The van der Waals surface area contributed by atoms with Crippen molar-refractivity contribution in [1.82, 2.24) is 14.5 Å². The van der Waals surface area contributed by atoms with Gasteiger partial charge in [-0.25, -0.2) is 4.79 Å². The number of nitriles is 1. The van der Waals surface area contributed by atoms with Gasteiger partial charge in [0.15, 0.2) is 0 Å². The fourth-order valence-corrected chi connectivity index (χ4v) is 2.85. The highest BCUT2D eigenvalue weighted by Crippen LogP contribution is 2.27. The summed E-state index contributed by atoms with van der Waals surface area (Å²) in [6.45, 7) is 2.85. The predicted molar refractivity (Wildman–Crippen MR) is 113 cm³/mol. The predicted octanol–water partition coefficient (Wildman–Crippen LogP) is 3.53. The second-order valence-electron chi connectivity index (χ2n) is 6.48. The first-order valence-corrected chi connectivity index (χ1v) is 9.52. The van der Waals surface area contributed by atoms with E-state index in [0.717, 1.165) is 12.1 Å². The van der Waals surface area contributed by atoms with Crippen LogP contribution < -0.4 is 20.1 Å². The summed E-state index contributed by atoms with van der Waals surface area (Å²) in [6.07, 6.45) is 3.01. The van der Waals surface area contributed by atoms with Crippen molar-refractivity contribution in [2.45, 2.75) is 13.5 Å². The number of hydrogen-bond donors (Lipinski definition) is 0. The summed E-state index contributed by atoms with van der Waals surface area (Å²) in [5, 5.41) is 9.91. The molecule has 30 heavy (non-hydrogen) atoms. The summed E-state index contributed by atoms with van der Waals surface area (Å²) in [5.41, 5.74) is 0.662. The molecule has 0 atom stereocenters.